The molecule has 1 aliphatic rings. The number of fused-ring (bicyclic) bond motifs is 1. The van der Waals surface area contributed by atoms with E-state index < -0.39 is 0 Å². The second-order valence-electron chi connectivity index (χ2n) is 4.85. The molecule has 0 saturated carbocycles. The van der Waals surface area contributed by atoms with Gasteiger partial charge in [0.05, 0.1) is 0 Å². The minimum absolute atomic E-state index is 0. The van der Waals surface area contributed by atoms with Crippen molar-refractivity contribution in [3.8, 4) is 11.4 Å². The highest BCUT2D eigenvalue weighted by Crippen LogP contribution is 2.24. The smallest absolute Gasteiger partial charge is 0.140 e. The Balaban J connectivity index is 0.00000120. The lowest BCUT2D eigenvalue weighted by molar-refractivity contribution is 0.463. The average molecular weight is 264 g/mol. The summed E-state index contributed by atoms with van der Waals surface area (Å²) in [5.74, 6) is 1.05. The van der Waals surface area contributed by atoms with Gasteiger partial charge in [0.25, 0.3) is 0 Å². The third-order valence-electron chi connectivity index (χ3n) is 3.40. The number of imidazole rings is 1. The highest BCUT2D eigenvalue weighted by atomic mass is 35.5. The van der Waals surface area contributed by atoms with Gasteiger partial charge in [-0.15, -0.1) is 12.4 Å². The predicted octanol–water partition coefficient (Wildman–Crippen LogP) is 2.55. The number of nitrogens with two attached hydrogens (primary N) is 1. The number of halogens is 1. The minimum Gasteiger partial charge on any atom is -0.327 e. The summed E-state index contributed by atoms with van der Waals surface area (Å²) in [7, 11) is 0. The molecule has 2 heterocycles. The molecule has 0 fully saturated rings. The maximum atomic E-state index is 6.04. The van der Waals surface area contributed by atoms with Crippen molar-refractivity contribution >= 4 is 12.4 Å². The van der Waals surface area contributed by atoms with Crippen molar-refractivity contribution in [1.82, 2.24) is 9.55 Å². The van der Waals surface area contributed by atoms with Crippen LogP contribution < -0.4 is 5.73 Å². The van der Waals surface area contributed by atoms with Crippen LogP contribution in [-0.4, -0.2) is 15.6 Å². The zero-order valence-corrected chi connectivity index (χ0v) is 11.3. The van der Waals surface area contributed by atoms with E-state index in [2.05, 4.69) is 40.7 Å². The second-order valence-corrected chi connectivity index (χ2v) is 4.85. The Morgan fingerprint density at radius 1 is 1.39 bits per heavy atom. The first-order chi connectivity index (χ1) is 8.24. The van der Waals surface area contributed by atoms with E-state index in [4.69, 9.17) is 5.73 Å². The molecule has 3 rings (SSSR count). The fourth-order valence-electron chi connectivity index (χ4n) is 2.49. The van der Waals surface area contributed by atoms with Crippen LogP contribution in [0.4, 0.5) is 0 Å². The molecule has 0 saturated heterocycles. The Morgan fingerprint density at radius 3 is 3.00 bits per heavy atom. The normalized spacial score (nSPS) is 18.0. The number of benzene rings is 1. The largest absolute Gasteiger partial charge is 0.327 e. The van der Waals surface area contributed by atoms with Crippen LogP contribution in [0, 0.1) is 6.92 Å². The molecule has 1 aliphatic heterocycles. The van der Waals surface area contributed by atoms with Crippen molar-refractivity contribution in [2.24, 2.45) is 5.73 Å². The predicted molar refractivity (Wildman–Crippen MR) is 75.9 cm³/mol. The molecule has 0 radical (unpaired) electrons. The zero-order valence-electron chi connectivity index (χ0n) is 10.5. The van der Waals surface area contributed by atoms with E-state index >= 15 is 0 Å². The summed E-state index contributed by atoms with van der Waals surface area (Å²) in [4.78, 5) is 4.55. The highest BCUT2D eigenvalue weighted by molar-refractivity contribution is 5.85. The second kappa shape index (κ2) is 5.12. The van der Waals surface area contributed by atoms with Crippen LogP contribution in [0.25, 0.3) is 11.4 Å². The number of aromatic nitrogens is 2. The molecule has 2 aromatic rings. The average Bonchev–Trinajstić information content (AvgIpc) is 2.71. The fraction of sp³-hybridized carbons (Fsp3) is 0.357. The van der Waals surface area contributed by atoms with Crippen molar-refractivity contribution in [2.75, 3.05) is 0 Å². The maximum absolute atomic E-state index is 6.04. The number of hydrogen-bond donors (Lipinski definition) is 1. The lowest BCUT2D eigenvalue weighted by atomic mass is 10.1. The van der Waals surface area contributed by atoms with E-state index in [0.717, 1.165) is 25.2 Å². The molecule has 3 nitrogen and oxygen atoms in total. The van der Waals surface area contributed by atoms with Gasteiger partial charge in [-0.05, 0) is 25.8 Å². The minimum atomic E-state index is 0. The molecule has 1 unspecified atom stereocenters. The monoisotopic (exact) mass is 263 g/mol. The maximum Gasteiger partial charge on any atom is 0.140 e. The third kappa shape index (κ3) is 2.28. The van der Waals surface area contributed by atoms with Gasteiger partial charge < -0.3 is 10.3 Å². The summed E-state index contributed by atoms with van der Waals surface area (Å²) in [5, 5.41) is 0. The highest BCUT2D eigenvalue weighted by Gasteiger charge is 2.19. The summed E-state index contributed by atoms with van der Waals surface area (Å²) >= 11 is 0. The van der Waals surface area contributed by atoms with Crippen LogP contribution in [0.5, 0.6) is 0 Å². The Hall–Kier alpha value is -1.32. The fourth-order valence-corrected chi connectivity index (χ4v) is 2.49. The van der Waals surface area contributed by atoms with E-state index in [1.165, 1.54) is 16.8 Å². The van der Waals surface area contributed by atoms with Gasteiger partial charge in [0, 0.05) is 30.0 Å². The van der Waals surface area contributed by atoms with Crippen molar-refractivity contribution in [3.05, 3.63) is 41.7 Å². The van der Waals surface area contributed by atoms with Gasteiger partial charge in [0.15, 0.2) is 0 Å². The Labute approximate surface area is 113 Å². The summed E-state index contributed by atoms with van der Waals surface area (Å²) in [6, 6.07) is 8.74. The van der Waals surface area contributed by atoms with Crippen LogP contribution >= 0.6 is 12.4 Å². The Kier molecular flexibility index (Phi) is 3.73. The first-order valence-electron chi connectivity index (χ1n) is 6.11. The van der Waals surface area contributed by atoms with Gasteiger partial charge in [0.1, 0.15) is 5.82 Å². The number of aryl methyl sites for hydroxylation is 2. The molecule has 0 spiro atoms. The summed E-state index contributed by atoms with van der Waals surface area (Å²) < 4.78 is 2.27. The quantitative estimate of drug-likeness (QED) is 0.859. The van der Waals surface area contributed by atoms with Gasteiger partial charge in [0.2, 0.25) is 0 Å². The van der Waals surface area contributed by atoms with Crippen LogP contribution in [-0.2, 0) is 13.0 Å². The number of nitrogens with zero attached hydrogens (tertiary/aromatic N) is 2. The molecule has 18 heavy (non-hydrogen) atoms. The number of rotatable bonds is 1. The summed E-state index contributed by atoms with van der Waals surface area (Å²) in [6.07, 6.45) is 4.10. The van der Waals surface area contributed by atoms with E-state index in [-0.39, 0.29) is 18.4 Å². The number of hydrogen-bond acceptors (Lipinski definition) is 2. The first-order valence-corrected chi connectivity index (χ1v) is 6.11. The SMILES string of the molecule is Cc1cccc(-c2ncc3n2CC(N)CC3)c1.Cl. The standard InChI is InChI=1S/C14H17N3.ClH/c1-10-3-2-4-11(7-10)14-16-8-13-6-5-12(15)9-17(13)14;/h2-4,7-8,12H,5-6,9,15H2,1H3;1H. The Morgan fingerprint density at radius 2 is 2.22 bits per heavy atom. The zero-order chi connectivity index (χ0) is 11.8. The van der Waals surface area contributed by atoms with Gasteiger partial charge >= 0.3 is 0 Å². The molecule has 0 bridgehead atoms. The van der Waals surface area contributed by atoms with E-state index in [1.807, 2.05) is 6.20 Å². The molecular weight excluding hydrogens is 246 g/mol. The van der Waals surface area contributed by atoms with Gasteiger partial charge in [-0.3, -0.25) is 0 Å². The van der Waals surface area contributed by atoms with Gasteiger partial charge in [-0.25, -0.2) is 4.98 Å². The van der Waals surface area contributed by atoms with E-state index in [1.54, 1.807) is 0 Å². The van der Waals surface area contributed by atoms with Crippen molar-refractivity contribution in [1.29, 1.82) is 0 Å². The van der Waals surface area contributed by atoms with Crippen LogP contribution in [0.2, 0.25) is 0 Å². The summed E-state index contributed by atoms with van der Waals surface area (Å²) in [5.41, 5.74) is 9.79. The molecule has 1 atom stereocenters. The third-order valence-corrected chi connectivity index (χ3v) is 3.40. The van der Waals surface area contributed by atoms with Crippen LogP contribution in [0.3, 0.4) is 0 Å². The summed E-state index contributed by atoms with van der Waals surface area (Å²) in [6.45, 7) is 2.99. The molecule has 1 aromatic carbocycles. The molecule has 1 aromatic heterocycles. The van der Waals surface area contributed by atoms with Gasteiger partial charge in [-0.2, -0.15) is 0 Å². The lowest BCUT2D eigenvalue weighted by Crippen LogP contribution is -2.31. The van der Waals surface area contributed by atoms with Crippen molar-refractivity contribution in [2.45, 2.75) is 32.4 Å². The van der Waals surface area contributed by atoms with Crippen molar-refractivity contribution < 1.29 is 0 Å². The molecule has 4 heteroatoms. The lowest BCUT2D eigenvalue weighted by Gasteiger charge is -2.22. The van der Waals surface area contributed by atoms with Crippen molar-refractivity contribution in [3.63, 3.8) is 0 Å². The topological polar surface area (TPSA) is 43.8 Å². The molecular formula is C14H18ClN3. The molecule has 0 amide bonds. The first kappa shape index (κ1) is 13.1. The molecule has 2 N–H and O–H groups in total. The van der Waals surface area contributed by atoms with Crippen LogP contribution in [0.15, 0.2) is 30.5 Å². The van der Waals surface area contributed by atoms with E-state index in [9.17, 15) is 0 Å². The Bertz CT molecular complexity index is 548. The molecule has 96 valence electrons. The van der Waals surface area contributed by atoms with E-state index in [0.29, 0.717) is 0 Å². The van der Waals surface area contributed by atoms with Crippen LogP contribution in [0.1, 0.15) is 17.7 Å². The van der Waals surface area contributed by atoms with Gasteiger partial charge in [-0.1, -0.05) is 23.8 Å². The molecule has 0 aliphatic carbocycles.